The van der Waals surface area contributed by atoms with Gasteiger partial charge in [0.1, 0.15) is 6.10 Å². The number of hydrogen-bond donors (Lipinski definition) is 1. The molecule has 1 N–H and O–H groups in total. The van der Waals surface area contributed by atoms with Crippen LogP contribution in [0.5, 0.6) is 0 Å². The number of nitrogens with zero attached hydrogens (tertiary/aromatic N) is 2. The Hall–Kier alpha value is -1.78. The Kier molecular flexibility index (Phi) is 3.27. The van der Waals surface area contributed by atoms with Gasteiger partial charge in [-0.15, -0.1) is 0 Å². The number of rotatable bonds is 2. The van der Waals surface area contributed by atoms with E-state index in [1.165, 1.54) is 0 Å². The molecule has 1 atom stereocenters. The van der Waals surface area contributed by atoms with Crippen LogP contribution in [0.3, 0.4) is 0 Å². The van der Waals surface area contributed by atoms with Gasteiger partial charge in [-0.3, -0.25) is 9.97 Å². The van der Waals surface area contributed by atoms with Crippen molar-refractivity contribution in [3.63, 3.8) is 0 Å². The number of halogens is 1. The Labute approximate surface area is 119 Å². The van der Waals surface area contributed by atoms with Crippen molar-refractivity contribution < 1.29 is 5.11 Å². The SMILES string of the molecule is OC(c1cncc(Br)c1)c1cccc2cnccc12. The Morgan fingerprint density at radius 3 is 2.79 bits per heavy atom. The summed E-state index contributed by atoms with van der Waals surface area (Å²) in [7, 11) is 0. The van der Waals surface area contributed by atoms with E-state index >= 15 is 0 Å². The standard InChI is InChI=1S/C15H11BrN2O/c16-12-6-11(8-18-9-12)15(19)14-3-1-2-10-7-17-5-4-13(10)14/h1-9,15,19H. The minimum atomic E-state index is -0.698. The average molecular weight is 315 g/mol. The summed E-state index contributed by atoms with van der Waals surface area (Å²) in [5, 5.41) is 12.6. The molecule has 0 saturated carbocycles. The van der Waals surface area contributed by atoms with E-state index in [-0.39, 0.29) is 0 Å². The van der Waals surface area contributed by atoms with Crippen molar-refractivity contribution in [1.29, 1.82) is 0 Å². The monoisotopic (exact) mass is 314 g/mol. The molecular weight excluding hydrogens is 304 g/mol. The van der Waals surface area contributed by atoms with E-state index in [4.69, 9.17) is 0 Å². The number of aromatic nitrogens is 2. The second kappa shape index (κ2) is 5.07. The summed E-state index contributed by atoms with van der Waals surface area (Å²) in [6.07, 6.45) is 6.21. The van der Waals surface area contributed by atoms with Crippen LogP contribution < -0.4 is 0 Å². The Morgan fingerprint density at radius 1 is 1.05 bits per heavy atom. The smallest absolute Gasteiger partial charge is 0.106 e. The van der Waals surface area contributed by atoms with Crippen LogP contribution in [0.1, 0.15) is 17.2 Å². The van der Waals surface area contributed by atoms with Crippen LogP contribution in [-0.2, 0) is 0 Å². The van der Waals surface area contributed by atoms with Crippen molar-refractivity contribution >= 4 is 26.7 Å². The molecule has 3 rings (SSSR count). The van der Waals surface area contributed by atoms with Crippen LogP contribution >= 0.6 is 15.9 Å². The maximum Gasteiger partial charge on any atom is 0.106 e. The fourth-order valence-corrected chi connectivity index (χ4v) is 2.53. The minimum Gasteiger partial charge on any atom is -0.384 e. The molecule has 0 aliphatic heterocycles. The lowest BCUT2D eigenvalue weighted by Crippen LogP contribution is -2.01. The van der Waals surface area contributed by atoms with Gasteiger partial charge >= 0.3 is 0 Å². The van der Waals surface area contributed by atoms with Crippen LogP contribution in [0.15, 0.2) is 59.6 Å². The molecule has 0 fully saturated rings. The molecule has 3 aromatic rings. The fraction of sp³-hybridized carbons (Fsp3) is 0.0667. The number of hydrogen-bond acceptors (Lipinski definition) is 3. The summed E-state index contributed by atoms with van der Waals surface area (Å²) in [5.41, 5.74) is 1.62. The average Bonchev–Trinajstić information content (AvgIpc) is 2.46. The summed E-state index contributed by atoms with van der Waals surface area (Å²) < 4.78 is 0.853. The van der Waals surface area contributed by atoms with E-state index in [0.29, 0.717) is 0 Å². The number of pyridine rings is 2. The fourth-order valence-electron chi connectivity index (χ4n) is 2.14. The van der Waals surface area contributed by atoms with Crippen molar-refractivity contribution in [3.8, 4) is 0 Å². The third-order valence-electron chi connectivity index (χ3n) is 3.05. The topological polar surface area (TPSA) is 46.0 Å². The zero-order chi connectivity index (χ0) is 13.2. The third kappa shape index (κ3) is 2.37. The maximum atomic E-state index is 10.5. The molecule has 94 valence electrons. The number of fused-ring (bicyclic) bond motifs is 1. The minimum absolute atomic E-state index is 0.698. The Balaban J connectivity index is 2.14. The van der Waals surface area contributed by atoms with Crippen molar-refractivity contribution in [1.82, 2.24) is 9.97 Å². The summed E-state index contributed by atoms with van der Waals surface area (Å²) >= 11 is 3.37. The van der Waals surface area contributed by atoms with Gasteiger partial charge < -0.3 is 5.11 Å². The Morgan fingerprint density at radius 2 is 1.95 bits per heavy atom. The van der Waals surface area contributed by atoms with E-state index < -0.39 is 6.10 Å². The largest absolute Gasteiger partial charge is 0.384 e. The maximum absolute atomic E-state index is 10.5. The molecule has 3 nitrogen and oxygen atoms in total. The molecule has 4 heteroatoms. The highest BCUT2D eigenvalue weighted by atomic mass is 79.9. The van der Waals surface area contributed by atoms with Gasteiger partial charge in [-0.25, -0.2) is 0 Å². The van der Waals surface area contributed by atoms with Gasteiger partial charge in [0.05, 0.1) is 0 Å². The lowest BCUT2D eigenvalue weighted by molar-refractivity contribution is 0.221. The lowest BCUT2D eigenvalue weighted by Gasteiger charge is -2.14. The van der Waals surface area contributed by atoms with E-state index in [9.17, 15) is 5.11 Å². The first-order chi connectivity index (χ1) is 9.25. The number of benzene rings is 1. The summed E-state index contributed by atoms with van der Waals surface area (Å²) in [6.45, 7) is 0. The molecule has 2 heterocycles. The van der Waals surface area contributed by atoms with Crippen molar-refractivity contribution in [2.45, 2.75) is 6.10 Å². The summed E-state index contributed by atoms with van der Waals surface area (Å²) in [6, 6.07) is 9.62. The first-order valence-electron chi connectivity index (χ1n) is 5.87. The van der Waals surface area contributed by atoms with Crippen LogP contribution in [0.4, 0.5) is 0 Å². The molecule has 2 aromatic heterocycles. The van der Waals surface area contributed by atoms with E-state index in [1.807, 2.05) is 30.3 Å². The molecule has 1 aromatic carbocycles. The predicted octanol–water partition coefficient (Wildman–Crippen LogP) is 3.47. The normalized spacial score (nSPS) is 12.5. The Bertz CT molecular complexity index is 725. The molecule has 0 bridgehead atoms. The zero-order valence-corrected chi connectivity index (χ0v) is 11.6. The molecule has 0 aliphatic carbocycles. The van der Waals surface area contributed by atoms with Crippen LogP contribution in [0.25, 0.3) is 10.8 Å². The van der Waals surface area contributed by atoms with Gasteiger partial charge in [0.25, 0.3) is 0 Å². The summed E-state index contributed by atoms with van der Waals surface area (Å²) in [4.78, 5) is 8.19. The van der Waals surface area contributed by atoms with E-state index in [2.05, 4.69) is 25.9 Å². The summed E-state index contributed by atoms with van der Waals surface area (Å²) in [5.74, 6) is 0. The third-order valence-corrected chi connectivity index (χ3v) is 3.48. The van der Waals surface area contributed by atoms with Crippen molar-refractivity contribution in [2.75, 3.05) is 0 Å². The molecule has 0 amide bonds. The molecule has 1 unspecified atom stereocenters. The van der Waals surface area contributed by atoms with Gasteiger partial charge in [-0.1, -0.05) is 18.2 Å². The molecule has 0 radical (unpaired) electrons. The quantitative estimate of drug-likeness (QED) is 0.787. The first-order valence-corrected chi connectivity index (χ1v) is 6.66. The molecular formula is C15H11BrN2O. The number of aliphatic hydroxyl groups excluding tert-OH is 1. The van der Waals surface area contributed by atoms with Crippen LogP contribution in [0.2, 0.25) is 0 Å². The lowest BCUT2D eigenvalue weighted by atomic mass is 9.98. The highest BCUT2D eigenvalue weighted by Crippen LogP contribution is 2.29. The highest BCUT2D eigenvalue weighted by Gasteiger charge is 2.14. The van der Waals surface area contributed by atoms with Gasteiger partial charge in [0, 0.05) is 40.2 Å². The van der Waals surface area contributed by atoms with Gasteiger partial charge in [0.2, 0.25) is 0 Å². The molecule has 0 saturated heterocycles. The molecule has 0 spiro atoms. The predicted molar refractivity (Wildman–Crippen MR) is 77.7 cm³/mol. The van der Waals surface area contributed by atoms with Gasteiger partial charge in [0.15, 0.2) is 0 Å². The number of aliphatic hydroxyl groups is 1. The van der Waals surface area contributed by atoms with Gasteiger partial charge in [-0.05, 0) is 39.0 Å². The van der Waals surface area contributed by atoms with Crippen molar-refractivity contribution in [2.24, 2.45) is 0 Å². The molecule has 0 aliphatic rings. The molecule has 19 heavy (non-hydrogen) atoms. The second-order valence-electron chi connectivity index (χ2n) is 4.28. The zero-order valence-electron chi connectivity index (χ0n) is 9.99. The van der Waals surface area contributed by atoms with Crippen molar-refractivity contribution in [3.05, 3.63) is 70.7 Å². The van der Waals surface area contributed by atoms with E-state index in [1.54, 1.807) is 24.8 Å². The van der Waals surface area contributed by atoms with Gasteiger partial charge in [-0.2, -0.15) is 0 Å². The highest BCUT2D eigenvalue weighted by molar-refractivity contribution is 9.10. The second-order valence-corrected chi connectivity index (χ2v) is 5.20. The van der Waals surface area contributed by atoms with Crippen LogP contribution in [-0.4, -0.2) is 15.1 Å². The van der Waals surface area contributed by atoms with Crippen LogP contribution in [0, 0.1) is 0 Å². The first kappa shape index (κ1) is 12.3. The van der Waals surface area contributed by atoms with E-state index in [0.717, 1.165) is 26.4 Å².